The molecule has 0 unspecified atom stereocenters. The minimum Gasteiger partial charge on any atom is -0.423 e. The van der Waals surface area contributed by atoms with Crippen LogP contribution in [0.3, 0.4) is 0 Å². The van der Waals surface area contributed by atoms with Crippen LogP contribution < -0.4 is 10.2 Å². The van der Waals surface area contributed by atoms with E-state index in [2.05, 4.69) is 30.0 Å². The largest absolute Gasteiger partial charge is 0.423 e. The maximum Gasteiger partial charge on any atom is 0.298 e. The Morgan fingerprint density at radius 3 is 2.83 bits per heavy atom. The summed E-state index contributed by atoms with van der Waals surface area (Å²) in [4.78, 5) is 19.3. The number of anilines is 1. The number of aromatic nitrogens is 4. The lowest BCUT2D eigenvalue weighted by atomic mass is 9.96. The van der Waals surface area contributed by atoms with E-state index in [9.17, 15) is 4.79 Å². The predicted octanol–water partition coefficient (Wildman–Crippen LogP) is 2.72. The number of carbonyl (C=O) groups excluding carboxylic acids is 1. The number of amides is 1. The van der Waals surface area contributed by atoms with E-state index < -0.39 is 0 Å². The first-order valence-corrected chi connectivity index (χ1v) is 11.1. The minimum atomic E-state index is 0.0427. The summed E-state index contributed by atoms with van der Waals surface area (Å²) >= 11 is 0. The Balaban J connectivity index is 1.11. The predicted molar refractivity (Wildman–Crippen MR) is 113 cm³/mol. The first kappa shape index (κ1) is 19.1. The molecule has 30 heavy (non-hydrogen) atoms. The summed E-state index contributed by atoms with van der Waals surface area (Å²) in [6, 6.07) is 8.45. The van der Waals surface area contributed by atoms with Gasteiger partial charge >= 0.3 is 0 Å². The molecule has 1 aromatic carbocycles. The zero-order valence-corrected chi connectivity index (χ0v) is 17.2. The Bertz CT molecular complexity index is 985. The van der Waals surface area contributed by atoms with Crippen molar-refractivity contribution in [2.75, 3.05) is 24.5 Å². The van der Waals surface area contributed by atoms with Gasteiger partial charge in [0.15, 0.2) is 5.58 Å². The maximum atomic E-state index is 12.6. The van der Waals surface area contributed by atoms with Crippen molar-refractivity contribution in [2.45, 2.75) is 51.5 Å². The maximum absolute atomic E-state index is 12.6. The fourth-order valence-corrected chi connectivity index (χ4v) is 4.50. The van der Waals surface area contributed by atoms with Crippen LogP contribution in [0.1, 0.15) is 43.8 Å². The number of oxazole rings is 1. The van der Waals surface area contributed by atoms with Gasteiger partial charge in [0.25, 0.3) is 6.01 Å². The second-order valence-electron chi connectivity index (χ2n) is 8.26. The lowest BCUT2D eigenvalue weighted by molar-refractivity contribution is -0.125. The van der Waals surface area contributed by atoms with Gasteiger partial charge < -0.3 is 19.2 Å². The molecule has 0 spiro atoms. The molecule has 158 valence electrons. The van der Waals surface area contributed by atoms with Gasteiger partial charge in [0.2, 0.25) is 5.91 Å². The Labute approximate surface area is 175 Å². The van der Waals surface area contributed by atoms with Gasteiger partial charge in [-0.3, -0.25) is 4.79 Å². The lowest BCUT2D eigenvalue weighted by Crippen LogP contribution is -2.41. The minimum absolute atomic E-state index is 0.0427. The Morgan fingerprint density at radius 1 is 1.10 bits per heavy atom. The zero-order valence-electron chi connectivity index (χ0n) is 17.2. The van der Waals surface area contributed by atoms with Crippen molar-refractivity contribution in [1.29, 1.82) is 0 Å². The molecule has 8 heteroatoms. The fraction of sp³-hybridized carbons (Fsp3) is 0.545. The van der Waals surface area contributed by atoms with E-state index in [0.29, 0.717) is 12.6 Å². The molecule has 0 bridgehead atoms. The monoisotopic (exact) mass is 408 g/mol. The summed E-state index contributed by atoms with van der Waals surface area (Å²) in [6.45, 7) is 3.17. The van der Waals surface area contributed by atoms with Crippen LogP contribution in [0.15, 0.2) is 28.7 Å². The number of para-hydroxylation sites is 2. The van der Waals surface area contributed by atoms with E-state index in [4.69, 9.17) is 4.42 Å². The number of nitrogens with zero attached hydrogens (tertiary/aromatic N) is 5. The SMILES string of the molecule is O=C(NCCc1nnc2n1CCCCC2)C1CCN(c2nc3ccccc3o2)CC1. The van der Waals surface area contributed by atoms with E-state index in [1.807, 2.05) is 24.3 Å². The van der Waals surface area contributed by atoms with Crippen LogP contribution >= 0.6 is 0 Å². The molecule has 0 atom stereocenters. The Morgan fingerprint density at radius 2 is 1.97 bits per heavy atom. The second-order valence-corrected chi connectivity index (χ2v) is 8.26. The Hall–Kier alpha value is -2.90. The van der Waals surface area contributed by atoms with Gasteiger partial charge in [-0.05, 0) is 37.8 Å². The molecule has 2 aliphatic rings. The standard InChI is InChI=1S/C22H28N6O2/c29-21(23-12-9-20-26-25-19-8-2-1-5-13-28(19)20)16-10-14-27(15-11-16)22-24-17-6-3-4-7-18(17)30-22/h3-4,6-7,16H,1-2,5,8-15H2,(H,23,29). The molecule has 4 heterocycles. The average molecular weight is 409 g/mol. The van der Waals surface area contributed by atoms with E-state index >= 15 is 0 Å². The fourth-order valence-electron chi connectivity index (χ4n) is 4.50. The highest BCUT2D eigenvalue weighted by molar-refractivity contribution is 5.79. The molecule has 3 aromatic rings. The number of benzene rings is 1. The van der Waals surface area contributed by atoms with Crippen molar-refractivity contribution >= 4 is 23.0 Å². The first-order valence-electron chi connectivity index (χ1n) is 11.1. The summed E-state index contributed by atoms with van der Waals surface area (Å²) in [5, 5.41) is 11.8. The number of fused-ring (bicyclic) bond motifs is 2. The van der Waals surface area contributed by atoms with Crippen LogP contribution in [0, 0.1) is 5.92 Å². The van der Waals surface area contributed by atoms with Crippen molar-refractivity contribution in [1.82, 2.24) is 25.1 Å². The molecule has 0 saturated carbocycles. The van der Waals surface area contributed by atoms with Crippen molar-refractivity contribution < 1.29 is 9.21 Å². The Kier molecular flexibility index (Phi) is 5.38. The molecule has 0 aliphatic carbocycles. The summed E-state index contributed by atoms with van der Waals surface area (Å²) in [7, 11) is 0. The van der Waals surface area contributed by atoms with Gasteiger partial charge in [-0.1, -0.05) is 18.6 Å². The highest BCUT2D eigenvalue weighted by Crippen LogP contribution is 2.26. The second kappa shape index (κ2) is 8.45. The third-order valence-corrected chi connectivity index (χ3v) is 6.25. The molecule has 1 amide bonds. The number of piperidine rings is 1. The topological polar surface area (TPSA) is 89.1 Å². The molecule has 1 saturated heterocycles. The lowest BCUT2D eigenvalue weighted by Gasteiger charge is -2.30. The van der Waals surface area contributed by atoms with Crippen LogP contribution in [0.5, 0.6) is 0 Å². The van der Waals surface area contributed by atoms with Crippen LogP contribution in [0.25, 0.3) is 11.1 Å². The summed E-state index contributed by atoms with van der Waals surface area (Å²) in [5.74, 6) is 2.28. The highest BCUT2D eigenvalue weighted by atomic mass is 16.4. The zero-order chi connectivity index (χ0) is 20.3. The van der Waals surface area contributed by atoms with Crippen molar-refractivity contribution in [3.05, 3.63) is 35.9 Å². The van der Waals surface area contributed by atoms with E-state index in [-0.39, 0.29) is 11.8 Å². The smallest absolute Gasteiger partial charge is 0.298 e. The number of aryl methyl sites for hydroxylation is 1. The average Bonchev–Trinajstić information content (AvgIpc) is 3.30. The van der Waals surface area contributed by atoms with Crippen LogP contribution in [0.2, 0.25) is 0 Å². The van der Waals surface area contributed by atoms with E-state index in [1.165, 1.54) is 19.3 Å². The molecule has 2 aliphatic heterocycles. The normalized spacial score (nSPS) is 17.7. The number of hydrogen-bond acceptors (Lipinski definition) is 6. The highest BCUT2D eigenvalue weighted by Gasteiger charge is 2.27. The summed E-state index contributed by atoms with van der Waals surface area (Å²) < 4.78 is 8.11. The molecule has 1 fully saturated rings. The van der Waals surface area contributed by atoms with Crippen LogP contribution in [-0.2, 0) is 24.2 Å². The van der Waals surface area contributed by atoms with Gasteiger partial charge in [0.05, 0.1) is 0 Å². The van der Waals surface area contributed by atoms with Gasteiger partial charge in [-0.2, -0.15) is 4.98 Å². The number of hydrogen-bond donors (Lipinski definition) is 1. The van der Waals surface area contributed by atoms with Crippen molar-refractivity contribution in [2.24, 2.45) is 5.92 Å². The molecular formula is C22H28N6O2. The summed E-state index contributed by atoms with van der Waals surface area (Å²) in [5.41, 5.74) is 1.68. The third-order valence-electron chi connectivity index (χ3n) is 6.25. The number of nitrogens with one attached hydrogen (secondary N) is 1. The molecule has 1 N–H and O–H groups in total. The van der Waals surface area contributed by atoms with Crippen molar-refractivity contribution in [3.8, 4) is 0 Å². The molecule has 0 radical (unpaired) electrons. The van der Waals surface area contributed by atoms with Gasteiger partial charge in [0.1, 0.15) is 17.2 Å². The van der Waals surface area contributed by atoms with Gasteiger partial charge in [-0.15, -0.1) is 10.2 Å². The van der Waals surface area contributed by atoms with Crippen molar-refractivity contribution in [3.63, 3.8) is 0 Å². The van der Waals surface area contributed by atoms with Gasteiger partial charge in [-0.25, -0.2) is 0 Å². The molecule has 5 rings (SSSR count). The molecular weight excluding hydrogens is 380 g/mol. The van der Waals surface area contributed by atoms with E-state index in [0.717, 1.165) is 68.1 Å². The molecule has 2 aromatic heterocycles. The number of rotatable bonds is 5. The van der Waals surface area contributed by atoms with Crippen LogP contribution in [-0.4, -0.2) is 45.3 Å². The number of carbonyl (C=O) groups is 1. The van der Waals surface area contributed by atoms with Crippen LogP contribution in [0.4, 0.5) is 6.01 Å². The quantitative estimate of drug-likeness (QED) is 0.698. The third kappa shape index (κ3) is 3.91. The van der Waals surface area contributed by atoms with E-state index in [1.54, 1.807) is 0 Å². The first-order chi connectivity index (χ1) is 14.8. The summed E-state index contributed by atoms with van der Waals surface area (Å²) in [6.07, 6.45) is 7.00. The molecule has 8 nitrogen and oxygen atoms in total. The van der Waals surface area contributed by atoms with Gasteiger partial charge in [0, 0.05) is 44.9 Å².